The van der Waals surface area contributed by atoms with E-state index in [0.29, 0.717) is 23.4 Å². The van der Waals surface area contributed by atoms with E-state index >= 15 is 0 Å². The molecule has 0 saturated carbocycles. The summed E-state index contributed by atoms with van der Waals surface area (Å²) in [6.45, 7) is 7.39. The van der Waals surface area contributed by atoms with Crippen molar-refractivity contribution in [3.63, 3.8) is 0 Å². The van der Waals surface area contributed by atoms with E-state index in [1.165, 1.54) is 6.20 Å². The number of benzene rings is 1. The van der Waals surface area contributed by atoms with Gasteiger partial charge in [0.05, 0.1) is 30.5 Å². The van der Waals surface area contributed by atoms with Gasteiger partial charge in [-0.3, -0.25) is 38.7 Å². The van der Waals surface area contributed by atoms with Gasteiger partial charge in [-0.1, -0.05) is 27.2 Å². The summed E-state index contributed by atoms with van der Waals surface area (Å²) in [6, 6.07) is 4.71. The normalized spacial score (nSPS) is 13.7. The van der Waals surface area contributed by atoms with Crippen molar-refractivity contribution in [2.45, 2.75) is 104 Å². The number of carbonyl (C=O) groups is 5. The molecule has 3 aromatic rings. The zero-order chi connectivity index (χ0) is 42.1. The Labute approximate surface area is 337 Å². The van der Waals surface area contributed by atoms with Crippen molar-refractivity contribution in [1.82, 2.24) is 35.9 Å². The van der Waals surface area contributed by atoms with E-state index in [1.807, 2.05) is 6.92 Å². The lowest BCUT2D eigenvalue weighted by Gasteiger charge is -2.23. The van der Waals surface area contributed by atoms with Crippen molar-refractivity contribution in [2.75, 3.05) is 23.3 Å². The molecule has 0 aliphatic heterocycles. The number of nitrogen functional groups attached to an aromatic ring is 1. The number of H-pyrrole nitrogens is 1. The number of amides is 3. The maximum Gasteiger partial charge on any atom is 0.280 e. The van der Waals surface area contributed by atoms with E-state index in [1.54, 1.807) is 45.0 Å². The molecule has 0 radical (unpaired) electrons. The predicted molar refractivity (Wildman–Crippen MR) is 222 cm³/mol. The second-order valence-corrected chi connectivity index (χ2v) is 14.6. The van der Waals surface area contributed by atoms with Gasteiger partial charge in [0.15, 0.2) is 28.7 Å². The van der Waals surface area contributed by atoms with Crippen molar-refractivity contribution in [1.29, 1.82) is 0 Å². The lowest BCUT2D eigenvalue weighted by Crippen LogP contribution is -2.46. The fourth-order valence-corrected chi connectivity index (χ4v) is 6.09. The minimum atomic E-state index is -0.923. The molecular weight excluding hydrogens is 753 g/mol. The van der Waals surface area contributed by atoms with Crippen LogP contribution in [0.4, 0.5) is 11.6 Å². The van der Waals surface area contributed by atoms with Crippen LogP contribution in [0.5, 0.6) is 0 Å². The number of Topliss-reactive ketones (excluding diaryl/α,β-unsaturated/α-hetero) is 2. The number of rotatable bonds is 24. The number of unbranched alkanes of at least 4 members (excludes halogenated alkanes) is 1. The van der Waals surface area contributed by atoms with Gasteiger partial charge in [-0.15, -0.1) is 0 Å². The Bertz CT molecular complexity index is 1940. The number of guanidine groups is 1. The molecule has 11 N–H and O–H groups in total. The van der Waals surface area contributed by atoms with Crippen molar-refractivity contribution in [3.05, 3.63) is 52.1 Å². The third-order valence-electron chi connectivity index (χ3n) is 9.20. The first-order valence-electron chi connectivity index (χ1n) is 19.1. The predicted octanol–water partition coefficient (Wildman–Crippen LogP) is 1.75. The number of aromatic amines is 1. The monoisotopic (exact) mass is 808 g/mol. The maximum absolute atomic E-state index is 13.4. The Balaban J connectivity index is 1.55. The molecule has 3 rings (SSSR count). The molecule has 2 aromatic heterocycles. The van der Waals surface area contributed by atoms with Gasteiger partial charge in [-0.2, -0.15) is 17.6 Å². The molecule has 0 unspecified atom stereocenters. The second-order valence-electron chi connectivity index (χ2n) is 14.1. The Morgan fingerprint density at radius 1 is 0.860 bits per heavy atom. The van der Waals surface area contributed by atoms with Crippen LogP contribution in [0.25, 0.3) is 11.2 Å². The molecule has 19 heteroatoms. The van der Waals surface area contributed by atoms with Crippen LogP contribution >= 0.6 is 12.6 Å². The third kappa shape index (κ3) is 15.1. The smallest absolute Gasteiger partial charge is 0.280 e. The summed E-state index contributed by atoms with van der Waals surface area (Å²) >= 11 is 4.22. The van der Waals surface area contributed by atoms with E-state index in [-0.39, 0.29) is 85.4 Å². The summed E-state index contributed by atoms with van der Waals surface area (Å²) in [5, 5.41) is 11.6. The highest BCUT2D eigenvalue weighted by Gasteiger charge is 2.29. The number of hydrogen-bond acceptors (Lipinski definition) is 13. The number of nitrogens with one attached hydrogen (secondary N) is 5. The molecule has 5 atom stereocenters. The first kappa shape index (κ1) is 45.8. The summed E-state index contributed by atoms with van der Waals surface area (Å²) in [5.41, 5.74) is 17.6. The lowest BCUT2D eigenvalue weighted by atomic mass is 9.94. The standard InChI is InChI=1S/C38H56N12O6S/c1-5-27(47-35(55)24-11-13-25(14-12-24)43-19-26-20-44-32-31(46-26)36(56)50-38(41)49-32)29(51)17-22(3)34(54)48-28(10-8-15-42-37(39)40)30(52)18-21(2)33(53)45-23(4)9-6-7-16-57/h11-14,20-23,27-28,43,57H,5-10,15-19H2,1-4H3,(H,45,53)(H,47,55)(H,48,54)(H4,39,40,42)(H3,41,44,49,50,56)/t21-,22-,23+,27+,28+/m1/s1. The zero-order valence-electron chi connectivity index (χ0n) is 33.0. The van der Waals surface area contributed by atoms with Gasteiger partial charge in [0.2, 0.25) is 17.8 Å². The Morgan fingerprint density at radius 2 is 1.51 bits per heavy atom. The van der Waals surface area contributed by atoms with Gasteiger partial charge in [0, 0.05) is 48.5 Å². The lowest BCUT2D eigenvalue weighted by molar-refractivity contribution is -0.133. The fraction of sp³-hybridized carbons (Fsp3) is 0.526. The van der Waals surface area contributed by atoms with Crippen LogP contribution in [0.1, 0.15) is 95.1 Å². The minimum Gasteiger partial charge on any atom is -0.379 e. The molecule has 3 amide bonds. The fourth-order valence-electron chi connectivity index (χ4n) is 5.86. The van der Waals surface area contributed by atoms with Crippen LogP contribution < -0.4 is 44.0 Å². The number of fused-ring (bicyclic) bond motifs is 1. The molecule has 310 valence electrons. The van der Waals surface area contributed by atoms with E-state index in [9.17, 15) is 28.8 Å². The average molecular weight is 809 g/mol. The Kier molecular flexibility index (Phi) is 18.3. The van der Waals surface area contributed by atoms with Crippen molar-refractivity contribution >= 4 is 70.7 Å². The van der Waals surface area contributed by atoms with Crippen LogP contribution in [0.15, 0.2) is 40.2 Å². The third-order valence-corrected chi connectivity index (χ3v) is 9.52. The van der Waals surface area contributed by atoms with Crippen molar-refractivity contribution in [2.24, 2.45) is 28.3 Å². The van der Waals surface area contributed by atoms with Crippen LogP contribution in [0.2, 0.25) is 0 Å². The summed E-state index contributed by atoms with van der Waals surface area (Å²) < 4.78 is 0. The minimum absolute atomic E-state index is 0.0535. The number of nitrogens with two attached hydrogens (primary N) is 3. The van der Waals surface area contributed by atoms with Gasteiger partial charge in [0.25, 0.3) is 11.5 Å². The van der Waals surface area contributed by atoms with Crippen molar-refractivity contribution in [3.8, 4) is 0 Å². The topological polar surface area (TPSA) is 295 Å². The summed E-state index contributed by atoms with van der Waals surface area (Å²) in [7, 11) is 0. The number of ketones is 2. The first-order chi connectivity index (χ1) is 27.1. The van der Waals surface area contributed by atoms with Crippen molar-refractivity contribution < 1.29 is 24.0 Å². The highest BCUT2D eigenvalue weighted by atomic mass is 32.1. The number of aliphatic imine (C=N–C) groups is 1. The second kappa shape index (κ2) is 22.8. The molecule has 0 fully saturated rings. The first-order valence-corrected chi connectivity index (χ1v) is 19.7. The number of thiol groups is 1. The summed E-state index contributed by atoms with van der Waals surface area (Å²) in [5.74, 6) is -2.71. The molecule has 0 aliphatic carbocycles. The molecule has 18 nitrogen and oxygen atoms in total. The molecular formula is C38H56N12O6S. The van der Waals surface area contributed by atoms with Crippen LogP contribution in [-0.4, -0.2) is 85.6 Å². The van der Waals surface area contributed by atoms with E-state index in [2.05, 4.69) is 58.8 Å². The number of hydrogen-bond donors (Lipinski definition) is 9. The molecule has 2 heterocycles. The zero-order valence-corrected chi connectivity index (χ0v) is 33.9. The molecule has 0 spiro atoms. The SMILES string of the molecule is CC[C@H](NC(=O)c1ccc(NCc2cnc3nc(N)[nH]c(=O)c3n2)cc1)C(=O)C[C@@H](C)C(=O)N[C@@H](CCCN=C(N)N)C(=O)C[C@@H](C)C(=O)N[C@@H](C)CCCCS. The van der Waals surface area contributed by atoms with Crippen LogP contribution in [-0.2, 0) is 25.7 Å². The van der Waals surface area contributed by atoms with E-state index in [0.717, 1.165) is 25.0 Å². The van der Waals surface area contributed by atoms with Gasteiger partial charge in [-0.05, 0) is 69.0 Å². The van der Waals surface area contributed by atoms with Gasteiger partial charge in [0.1, 0.15) is 0 Å². The average Bonchev–Trinajstić information content (AvgIpc) is 3.17. The van der Waals surface area contributed by atoms with Crippen LogP contribution in [0.3, 0.4) is 0 Å². The molecule has 0 aliphatic rings. The Morgan fingerprint density at radius 3 is 2.14 bits per heavy atom. The summed E-state index contributed by atoms with van der Waals surface area (Å²) in [4.78, 5) is 97.0. The van der Waals surface area contributed by atoms with Gasteiger partial charge < -0.3 is 38.5 Å². The summed E-state index contributed by atoms with van der Waals surface area (Å²) in [6.07, 6.45) is 4.77. The number of aromatic nitrogens is 4. The Hall–Kier alpha value is -5.59. The number of anilines is 2. The number of carbonyl (C=O) groups excluding carboxylic acids is 5. The van der Waals surface area contributed by atoms with E-state index < -0.39 is 41.3 Å². The largest absolute Gasteiger partial charge is 0.379 e. The quantitative estimate of drug-likeness (QED) is 0.0270. The van der Waals surface area contributed by atoms with E-state index in [4.69, 9.17) is 17.2 Å². The highest BCUT2D eigenvalue weighted by Crippen LogP contribution is 2.15. The van der Waals surface area contributed by atoms with Gasteiger partial charge >= 0.3 is 0 Å². The maximum atomic E-state index is 13.4. The number of nitrogens with zero attached hydrogens (tertiary/aromatic N) is 4. The van der Waals surface area contributed by atoms with Gasteiger partial charge in [-0.25, -0.2) is 9.97 Å². The molecule has 57 heavy (non-hydrogen) atoms. The molecule has 0 saturated heterocycles. The van der Waals surface area contributed by atoms with Crippen LogP contribution in [0, 0.1) is 11.8 Å². The molecule has 1 aromatic carbocycles. The highest BCUT2D eigenvalue weighted by molar-refractivity contribution is 7.80. The molecule has 0 bridgehead atoms.